The van der Waals surface area contributed by atoms with E-state index in [-0.39, 0.29) is 42.5 Å². The first kappa shape index (κ1) is 22.6. The number of fused-ring (bicyclic) bond motifs is 1. The van der Waals surface area contributed by atoms with Gasteiger partial charge in [-0.2, -0.15) is 4.31 Å². The first-order chi connectivity index (χ1) is 16.4. The van der Waals surface area contributed by atoms with Gasteiger partial charge in [-0.1, -0.05) is 12.1 Å². The molecule has 5 rings (SSSR count). The minimum Gasteiger partial charge on any atom is -0.493 e. The molecule has 2 heterocycles. The van der Waals surface area contributed by atoms with E-state index in [2.05, 4.69) is 0 Å². The molecule has 2 unspecified atom stereocenters. The minimum atomic E-state index is -3.80. The number of hydrogen-bond acceptors (Lipinski definition) is 5. The van der Waals surface area contributed by atoms with Crippen molar-refractivity contribution in [2.45, 2.75) is 17.2 Å². The van der Waals surface area contributed by atoms with E-state index in [4.69, 9.17) is 14.2 Å². The van der Waals surface area contributed by atoms with Gasteiger partial charge in [-0.3, -0.25) is 0 Å². The van der Waals surface area contributed by atoms with Gasteiger partial charge in [-0.25, -0.2) is 17.2 Å². The number of rotatable bonds is 6. The van der Waals surface area contributed by atoms with E-state index in [1.54, 1.807) is 30.3 Å². The molecule has 3 aromatic rings. The van der Waals surface area contributed by atoms with Crippen LogP contribution in [0.25, 0.3) is 0 Å². The molecule has 0 bridgehead atoms. The van der Waals surface area contributed by atoms with Crippen molar-refractivity contribution in [1.29, 1.82) is 0 Å². The largest absolute Gasteiger partial charge is 0.493 e. The van der Waals surface area contributed by atoms with Gasteiger partial charge >= 0.3 is 0 Å². The Kier molecular flexibility index (Phi) is 6.14. The summed E-state index contributed by atoms with van der Waals surface area (Å²) in [5.74, 6) is 0.787. The first-order valence-electron chi connectivity index (χ1n) is 10.9. The van der Waals surface area contributed by atoms with Crippen LogP contribution in [0.2, 0.25) is 0 Å². The summed E-state index contributed by atoms with van der Waals surface area (Å²) in [6.07, 6.45) is 0.543. The number of ether oxygens (including phenoxy) is 3. The van der Waals surface area contributed by atoms with Crippen LogP contribution in [0.15, 0.2) is 71.6 Å². The van der Waals surface area contributed by atoms with Crippen molar-refractivity contribution in [3.05, 3.63) is 83.9 Å². The van der Waals surface area contributed by atoms with Crippen LogP contribution in [0.4, 0.5) is 8.78 Å². The molecule has 2 atom stereocenters. The molecule has 0 spiro atoms. The summed E-state index contributed by atoms with van der Waals surface area (Å²) < 4.78 is 71.4. The molecule has 3 aromatic carbocycles. The lowest BCUT2D eigenvalue weighted by atomic mass is 9.81. The van der Waals surface area contributed by atoms with Gasteiger partial charge in [0.05, 0.1) is 11.5 Å². The molecule has 0 N–H and O–H groups in total. The highest BCUT2D eigenvalue weighted by molar-refractivity contribution is 7.89. The van der Waals surface area contributed by atoms with E-state index >= 15 is 0 Å². The lowest BCUT2D eigenvalue weighted by Crippen LogP contribution is -2.44. The lowest BCUT2D eigenvalue weighted by molar-refractivity contribution is 0.157. The molecule has 2 aliphatic rings. The lowest BCUT2D eigenvalue weighted by Gasteiger charge is -2.38. The van der Waals surface area contributed by atoms with E-state index in [9.17, 15) is 17.2 Å². The monoisotopic (exact) mass is 487 g/mol. The summed E-state index contributed by atoms with van der Waals surface area (Å²) in [5.41, 5.74) is 0.930. The van der Waals surface area contributed by atoms with Gasteiger partial charge in [0.15, 0.2) is 11.5 Å². The maximum absolute atomic E-state index is 13.5. The molecule has 178 valence electrons. The molecule has 6 nitrogen and oxygen atoms in total. The number of nitrogens with zero attached hydrogens (tertiary/aromatic N) is 1. The van der Waals surface area contributed by atoms with E-state index < -0.39 is 15.8 Å². The Bertz CT molecular complexity index is 1270. The van der Waals surface area contributed by atoms with Gasteiger partial charge in [-0.15, -0.1) is 0 Å². The molecule has 0 aliphatic carbocycles. The predicted molar refractivity (Wildman–Crippen MR) is 120 cm³/mol. The fraction of sp³-hybridized carbons (Fsp3) is 0.280. The Labute approximate surface area is 196 Å². The van der Waals surface area contributed by atoms with Crippen LogP contribution in [0, 0.1) is 17.6 Å². The maximum atomic E-state index is 13.5. The van der Waals surface area contributed by atoms with Crippen LogP contribution in [-0.2, 0) is 10.0 Å². The summed E-state index contributed by atoms with van der Waals surface area (Å²) >= 11 is 0. The first-order valence-corrected chi connectivity index (χ1v) is 12.4. The Morgan fingerprint density at radius 2 is 1.59 bits per heavy atom. The molecule has 1 fully saturated rings. The summed E-state index contributed by atoms with van der Waals surface area (Å²) in [7, 11) is -3.80. The standard InChI is InChI=1S/C25H23F2NO5S/c26-19-3-1-17(2-4-19)23-11-12-28(34(29,30)22-8-5-20(27)6-9-22)14-18(23)15-31-21-7-10-24-25(13-21)33-16-32-24/h1-10,13,18,23H,11-12,14-16H2. The Balaban J connectivity index is 1.38. The average molecular weight is 488 g/mol. The van der Waals surface area contributed by atoms with Crippen molar-refractivity contribution in [2.24, 2.45) is 5.92 Å². The van der Waals surface area contributed by atoms with E-state index in [1.807, 2.05) is 0 Å². The number of benzene rings is 3. The van der Waals surface area contributed by atoms with Crippen molar-refractivity contribution in [1.82, 2.24) is 4.31 Å². The SMILES string of the molecule is O=S(=O)(c1ccc(F)cc1)N1CCC(c2ccc(F)cc2)C(COc2ccc3c(c2)OCO3)C1. The second kappa shape index (κ2) is 9.23. The highest BCUT2D eigenvalue weighted by atomic mass is 32.2. The molecule has 0 amide bonds. The minimum absolute atomic E-state index is 0.0192. The second-order valence-electron chi connectivity index (χ2n) is 8.35. The van der Waals surface area contributed by atoms with E-state index in [0.717, 1.165) is 17.7 Å². The molecule has 0 saturated carbocycles. The molecule has 1 saturated heterocycles. The summed E-state index contributed by atoms with van der Waals surface area (Å²) in [5, 5.41) is 0. The third kappa shape index (κ3) is 4.58. The molecular formula is C25H23F2NO5S. The average Bonchev–Trinajstić information content (AvgIpc) is 3.31. The maximum Gasteiger partial charge on any atom is 0.243 e. The molecule has 9 heteroatoms. The Hall–Kier alpha value is -3.17. The molecular weight excluding hydrogens is 464 g/mol. The fourth-order valence-electron chi connectivity index (χ4n) is 4.46. The fourth-order valence-corrected chi connectivity index (χ4v) is 5.97. The highest BCUT2D eigenvalue weighted by Gasteiger charge is 2.37. The second-order valence-corrected chi connectivity index (χ2v) is 10.3. The summed E-state index contributed by atoms with van der Waals surface area (Å²) in [6.45, 7) is 0.913. The Morgan fingerprint density at radius 1 is 0.912 bits per heavy atom. The molecule has 2 aliphatic heterocycles. The van der Waals surface area contributed by atoms with Crippen LogP contribution in [-0.4, -0.2) is 39.2 Å². The summed E-state index contributed by atoms with van der Waals surface area (Å²) in [6, 6.07) is 16.4. The third-order valence-corrected chi connectivity index (χ3v) is 8.13. The van der Waals surface area contributed by atoms with Crippen LogP contribution < -0.4 is 14.2 Å². The number of hydrogen-bond donors (Lipinski definition) is 0. The topological polar surface area (TPSA) is 65.1 Å². The molecule has 0 radical (unpaired) electrons. The number of piperidine rings is 1. The van der Waals surface area contributed by atoms with Crippen LogP contribution in [0.3, 0.4) is 0 Å². The van der Waals surface area contributed by atoms with Gasteiger partial charge in [-0.05, 0) is 66.4 Å². The van der Waals surface area contributed by atoms with Crippen molar-refractivity contribution in [3.8, 4) is 17.2 Å². The van der Waals surface area contributed by atoms with Gasteiger partial charge in [0.2, 0.25) is 16.8 Å². The quantitative estimate of drug-likeness (QED) is 0.510. The predicted octanol–water partition coefficient (Wildman–Crippen LogP) is 4.57. The molecule has 34 heavy (non-hydrogen) atoms. The van der Waals surface area contributed by atoms with Gasteiger partial charge < -0.3 is 14.2 Å². The zero-order valence-electron chi connectivity index (χ0n) is 18.2. The van der Waals surface area contributed by atoms with Crippen molar-refractivity contribution < 1.29 is 31.4 Å². The van der Waals surface area contributed by atoms with Gasteiger partial charge in [0.1, 0.15) is 17.4 Å². The smallest absolute Gasteiger partial charge is 0.243 e. The van der Waals surface area contributed by atoms with Crippen molar-refractivity contribution in [2.75, 3.05) is 26.5 Å². The van der Waals surface area contributed by atoms with E-state index in [1.165, 1.54) is 28.6 Å². The van der Waals surface area contributed by atoms with Crippen LogP contribution in [0.5, 0.6) is 17.2 Å². The van der Waals surface area contributed by atoms with Crippen molar-refractivity contribution in [3.63, 3.8) is 0 Å². The van der Waals surface area contributed by atoms with Crippen LogP contribution >= 0.6 is 0 Å². The normalized spacial score (nSPS) is 20.3. The number of halogens is 2. The zero-order valence-corrected chi connectivity index (χ0v) is 19.0. The molecule has 0 aromatic heterocycles. The highest BCUT2D eigenvalue weighted by Crippen LogP contribution is 2.38. The third-order valence-electron chi connectivity index (χ3n) is 6.25. The van der Waals surface area contributed by atoms with Crippen molar-refractivity contribution >= 4 is 10.0 Å². The Morgan fingerprint density at radius 3 is 2.32 bits per heavy atom. The summed E-state index contributed by atoms with van der Waals surface area (Å²) in [4.78, 5) is 0.0459. The van der Waals surface area contributed by atoms with Gasteiger partial charge in [0, 0.05) is 25.1 Å². The van der Waals surface area contributed by atoms with Crippen LogP contribution in [0.1, 0.15) is 17.9 Å². The van der Waals surface area contributed by atoms with Gasteiger partial charge in [0.25, 0.3) is 0 Å². The number of sulfonamides is 1. The van der Waals surface area contributed by atoms with E-state index in [0.29, 0.717) is 30.2 Å². The zero-order chi connectivity index (χ0) is 23.7.